The normalized spacial score (nSPS) is 16.6. The topological polar surface area (TPSA) is 64.9 Å². The zero-order valence-corrected chi connectivity index (χ0v) is 24.7. The Morgan fingerprint density at radius 1 is 1.28 bits per heavy atom. The highest BCUT2D eigenvalue weighted by atomic mass is 35.5. The number of rotatable bonds is 7. The third-order valence-electron chi connectivity index (χ3n) is 6.95. The predicted molar refractivity (Wildman–Crippen MR) is 159 cm³/mol. The molecule has 1 saturated heterocycles. The summed E-state index contributed by atoms with van der Waals surface area (Å²) < 4.78 is 15.9. The van der Waals surface area contributed by atoms with E-state index in [1.807, 2.05) is 12.3 Å². The number of piperazine rings is 1. The Hall–Kier alpha value is -3.01. The van der Waals surface area contributed by atoms with E-state index < -0.39 is 5.82 Å². The van der Waals surface area contributed by atoms with Crippen LogP contribution in [0.3, 0.4) is 0 Å². The SMILES string of the molecule is CN=C(c1cc(F)c(-c2ccccc2Cl)nc1N(C=O)c1c(C(C)C)ccnc1SC)N1CCN(C)CC1C. The lowest BCUT2D eigenvalue weighted by molar-refractivity contribution is -0.106. The van der Waals surface area contributed by atoms with Gasteiger partial charge < -0.3 is 9.80 Å². The second-order valence-electron chi connectivity index (χ2n) is 9.91. The third kappa shape index (κ3) is 5.81. The maximum absolute atomic E-state index is 15.9. The number of thioether (sulfide) groups is 1. The Balaban J connectivity index is 2.02. The fraction of sp³-hybridized carbons (Fsp3) is 0.379. The molecule has 1 unspecified atom stereocenters. The van der Waals surface area contributed by atoms with Gasteiger partial charge in [-0.3, -0.25) is 14.7 Å². The van der Waals surface area contributed by atoms with Crippen LogP contribution in [0.1, 0.15) is 37.8 Å². The minimum atomic E-state index is -0.545. The number of amidine groups is 1. The average Bonchev–Trinajstić information content (AvgIpc) is 2.92. The number of amides is 1. The minimum absolute atomic E-state index is 0.0637. The van der Waals surface area contributed by atoms with E-state index in [0.29, 0.717) is 39.2 Å². The van der Waals surface area contributed by atoms with Crippen molar-refractivity contribution >= 4 is 47.1 Å². The first-order valence-corrected chi connectivity index (χ1v) is 14.5. The lowest BCUT2D eigenvalue weighted by Gasteiger charge is -2.40. The van der Waals surface area contributed by atoms with Crippen molar-refractivity contribution in [3.63, 3.8) is 0 Å². The van der Waals surface area contributed by atoms with Crippen LogP contribution in [0, 0.1) is 5.82 Å². The molecule has 1 aromatic carbocycles. The smallest absolute Gasteiger partial charge is 0.220 e. The van der Waals surface area contributed by atoms with Gasteiger partial charge in [0.25, 0.3) is 0 Å². The number of hydrogen-bond donors (Lipinski definition) is 0. The average molecular weight is 569 g/mol. The number of halogens is 2. The molecule has 0 spiro atoms. The second-order valence-corrected chi connectivity index (χ2v) is 11.1. The molecule has 1 atom stereocenters. The number of benzene rings is 1. The summed E-state index contributed by atoms with van der Waals surface area (Å²) in [5, 5.41) is 1.04. The Morgan fingerprint density at radius 3 is 2.64 bits per heavy atom. The van der Waals surface area contributed by atoms with E-state index >= 15 is 4.39 Å². The molecule has 1 aliphatic heterocycles. The van der Waals surface area contributed by atoms with E-state index in [-0.39, 0.29) is 23.5 Å². The van der Waals surface area contributed by atoms with E-state index in [1.54, 1.807) is 37.5 Å². The molecule has 3 heterocycles. The molecule has 10 heteroatoms. The zero-order chi connectivity index (χ0) is 28.3. The molecule has 0 radical (unpaired) electrons. The van der Waals surface area contributed by atoms with Gasteiger partial charge in [-0.25, -0.2) is 14.4 Å². The summed E-state index contributed by atoms with van der Waals surface area (Å²) in [6.45, 7) is 8.61. The van der Waals surface area contributed by atoms with Gasteiger partial charge in [-0.2, -0.15) is 0 Å². The Labute approximate surface area is 239 Å². The highest BCUT2D eigenvalue weighted by Crippen LogP contribution is 2.40. The monoisotopic (exact) mass is 568 g/mol. The molecule has 1 fully saturated rings. The highest BCUT2D eigenvalue weighted by Gasteiger charge is 2.31. The maximum atomic E-state index is 15.9. The van der Waals surface area contributed by atoms with Crippen molar-refractivity contribution in [1.29, 1.82) is 0 Å². The van der Waals surface area contributed by atoms with Gasteiger partial charge in [0.2, 0.25) is 6.41 Å². The Kier molecular flexibility index (Phi) is 9.25. The van der Waals surface area contributed by atoms with Crippen LogP contribution in [-0.4, -0.2) is 78.0 Å². The van der Waals surface area contributed by atoms with Crippen molar-refractivity contribution in [3.05, 3.63) is 64.6 Å². The van der Waals surface area contributed by atoms with Gasteiger partial charge in [-0.05, 0) is 49.9 Å². The number of carbonyl (C=O) groups is 1. The summed E-state index contributed by atoms with van der Waals surface area (Å²) in [5.41, 5.74) is 2.50. The van der Waals surface area contributed by atoms with Gasteiger partial charge in [-0.15, -0.1) is 11.8 Å². The number of nitrogens with zero attached hydrogens (tertiary/aromatic N) is 6. The summed E-state index contributed by atoms with van der Waals surface area (Å²) in [4.78, 5) is 32.8. The summed E-state index contributed by atoms with van der Waals surface area (Å²) in [6, 6.07) is 10.4. The molecule has 1 aliphatic rings. The number of pyridine rings is 2. The van der Waals surface area contributed by atoms with Gasteiger partial charge in [0.05, 0.1) is 16.3 Å². The Morgan fingerprint density at radius 2 is 2.03 bits per heavy atom. The standard InChI is InChI=1S/C29H34ClFN6OS/c1-18(2)20-11-12-33-29(39-6)26(20)37(17-38)28-22(27(32-4)36-14-13-35(5)16-19(36)3)15-24(31)25(34-28)21-9-7-8-10-23(21)30/h7-12,15,17-19H,13-14,16H2,1-6H3. The van der Waals surface area contributed by atoms with Crippen LogP contribution >= 0.6 is 23.4 Å². The molecule has 4 rings (SSSR count). The van der Waals surface area contributed by atoms with E-state index in [9.17, 15) is 4.79 Å². The molecule has 7 nitrogen and oxygen atoms in total. The van der Waals surface area contributed by atoms with Gasteiger partial charge in [0.1, 0.15) is 22.4 Å². The van der Waals surface area contributed by atoms with Crippen LogP contribution < -0.4 is 4.90 Å². The maximum Gasteiger partial charge on any atom is 0.220 e. The summed E-state index contributed by atoms with van der Waals surface area (Å²) in [5.74, 6) is 0.407. The van der Waals surface area contributed by atoms with E-state index in [1.165, 1.54) is 22.7 Å². The first-order valence-electron chi connectivity index (χ1n) is 12.9. The van der Waals surface area contributed by atoms with Crippen LogP contribution in [0.4, 0.5) is 15.9 Å². The van der Waals surface area contributed by atoms with Crippen LogP contribution in [0.2, 0.25) is 5.02 Å². The van der Waals surface area contributed by atoms with Crippen molar-refractivity contribution < 1.29 is 9.18 Å². The van der Waals surface area contributed by atoms with Crippen LogP contribution in [0.15, 0.2) is 52.6 Å². The number of aliphatic imine (C=N–C) groups is 1. The van der Waals surface area contributed by atoms with Crippen molar-refractivity contribution in [1.82, 2.24) is 19.8 Å². The highest BCUT2D eigenvalue weighted by molar-refractivity contribution is 7.98. The van der Waals surface area contributed by atoms with Crippen LogP contribution in [0.25, 0.3) is 11.3 Å². The first-order chi connectivity index (χ1) is 18.7. The van der Waals surface area contributed by atoms with Crippen LogP contribution in [0.5, 0.6) is 0 Å². The molecule has 2 aromatic heterocycles. The molecular formula is C29H34ClFN6OS. The van der Waals surface area contributed by atoms with Crippen molar-refractivity contribution in [2.75, 3.05) is 44.9 Å². The second kappa shape index (κ2) is 12.4. The molecule has 3 aromatic rings. The van der Waals surface area contributed by atoms with Crippen molar-refractivity contribution in [3.8, 4) is 11.3 Å². The van der Waals surface area contributed by atoms with Crippen molar-refractivity contribution in [2.24, 2.45) is 4.99 Å². The molecule has 0 bridgehead atoms. The van der Waals surface area contributed by atoms with E-state index in [2.05, 4.69) is 47.6 Å². The number of likely N-dealkylation sites (N-methyl/N-ethyl adjacent to an activating group) is 1. The first kappa shape index (κ1) is 29.0. The summed E-state index contributed by atoms with van der Waals surface area (Å²) in [6.07, 6.45) is 4.38. The molecule has 0 saturated carbocycles. The van der Waals surface area contributed by atoms with Gasteiger partial charge in [-0.1, -0.05) is 43.6 Å². The fourth-order valence-electron chi connectivity index (χ4n) is 5.04. The third-order valence-corrected chi connectivity index (χ3v) is 7.97. The molecule has 39 heavy (non-hydrogen) atoms. The molecule has 1 amide bonds. The Bertz CT molecular complexity index is 1380. The number of carbonyl (C=O) groups excluding carboxylic acids is 1. The van der Waals surface area contributed by atoms with Crippen LogP contribution in [-0.2, 0) is 4.79 Å². The quantitative estimate of drug-likeness (QED) is 0.149. The molecule has 206 valence electrons. The molecule has 0 N–H and O–H groups in total. The van der Waals surface area contributed by atoms with Gasteiger partial charge >= 0.3 is 0 Å². The number of aromatic nitrogens is 2. The largest absolute Gasteiger partial charge is 0.351 e. The summed E-state index contributed by atoms with van der Waals surface area (Å²) in [7, 11) is 3.77. The van der Waals surface area contributed by atoms with Crippen molar-refractivity contribution in [2.45, 2.75) is 37.8 Å². The van der Waals surface area contributed by atoms with Gasteiger partial charge in [0, 0.05) is 44.5 Å². The minimum Gasteiger partial charge on any atom is -0.351 e. The molecular weight excluding hydrogens is 535 g/mol. The van der Waals surface area contributed by atoms with E-state index in [4.69, 9.17) is 16.6 Å². The predicted octanol–water partition coefficient (Wildman–Crippen LogP) is 6.09. The number of anilines is 2. The fourth-order valence-corrected chi connectivity index (χ4v) is 5.84. The van der Waals surface area contributed by atoms with E-state index in [0.717, 1.165) is 25.1 Å². The number of hydrogen-bond acceptors (Lipinski definition) is 6. The summed E-state index contributed by atoms with van der Waals surface area (Å²) >= 11 is 7.91. The van der Waals surface area contributed by atoms with Gasteiger partial charge in [0.15, 0.2) is 5.82 Å². The lowest BCUT2D eigenvalue weighted by Crippen LogP contribution is -2.53. The molecule has 0 aliphatic carbocycles. The lowest BCUT2D eigenvalue weighted by atomic mass is 10.0. The zero-order valence-electron chi connectivity index (χ0n) is 23.2.